The Balaban J connectivity index is 1.38. The maximum Gasteiger partial charge on any atom is 0.410 e. The summed E-state index contributed by atoms with van der Waals surface area (Å²) >= 11 is 6.04. The van der Waals surface area contributed by atoms with E-state index in [-0.39, 0.29) is 36.3 Å². The SMILES string of the molecule is CC[C@H]1CN(CCO)CCN1C(=O)OC1([C@H]2COC[C@@H](CC3CC3)N2S(=O)(=O)c2ccc(Cl)cc2)CC1. The van der Waals surface area contributed by atoms with Gasteiger partial charge in [-0.25, -0.2) is 13.2 Å². The Hall–Kier alpha value is -1.43. The number of carbonyl (C=O) groups excluding carboxylic acids is 1. The number of nitrogens with zero attached hydrogens (tertiary/aromatic N) is 3. The van der Waals surface area contributed by atoms with Crippen molar-refractivity contribution in [1.82, 2.24) is 14.1 Å². The third kappa shape index (κ3) is 5.79. The van der Waals surface area contributed by atoms with E-state index in [0.29, 0.717) is 56.6 Å². The van der Waals surface area contributed by atoms with Crippen LogP contribution >= 0.6 is 11.6 Å². The van der Waals surface area contributed by atoms with Crippen molar-refractivity contribution in [3.8, 4) is 0 Å². The Morgan fingerprint density at radius 1 is 1.16 bits per heavy atom. The molecule has 0 aromatic heterocycles. The van der Waals surface area contributed by atoms with Crippen LogP contribution in [0.2, 0.25) is 5.02 Å². The van der Waals surface area contributed by atoms with Crippen LogP contribution in [-0.2, 0) is 19.5 Å². The monoisotopic (exact) mass is 555 g/mol. The fourth-order valence-electron chi connectivity index (χ4n) is 5.82. The van der Waals surface area contributed by atoms with Gasteiger partial charge in [0.15, 0.2) is 0 Å². The average molecular weight is 556 g/mol. The number of sulfonamides is 1. The fraction of sp³-hybridized carbons (Fsp3) is 0.731. The maximum atomic E-state index is 14.0. The summed E-state index contributed by atoms with van der Waals surface area (Å²) in [4.78, 5) is 17.6. The molecule has 11 heteroatoms. The predicted octanol–water partition coefficient (Wildman–Crippen LogP) is 2.96. The molecule has 4 aliphatic rings. The fourth-order valence-corrected chi connectivity index (χ4v) is 7.79. The van der Waals surface area contributed by atoms with Gasteiger partial charge < -0.3 is 19.5 Å². The Morgan fingerprint density at radius 3 is 2.51 bits per heavy atom. The Labute approximate surface area is 224 Å². The van der Waals surface area contributed by atoms with Crippen LogP contribution in [0.25, 0.3) is 0 Å². The Bertz CT molecular complexity index is 1060. The first kappa shape index (κ1) is 27.1. The maximum absolute atomic E-state index is 14.0. The average Bonchev–Trinajstić information content (AvgIpc) is 3.82. The van der Waals surface area contributed by atoms with Crippen LogP contribution in [0.15, 0.2) is 29.2 Å². The standard InChI is InChI=1S/C26H38ClN3O6S/c1-2-21-16-28(13-14-31)11-12-29(21)25(32)36-26(9-10-26)24-18-35-17-22(15-19-3-4-19)30(24)37(33,34)23-7-5-20(27)6-8-23/h5-8,19,21-22,24,31H,2-4,9-18H2,1H3/t21-,22+,24+/m0/s1. The molecule has 2 saturated carbocycles. The Morgan fingerprint density at radius 2 is 1.89 bits per heavy atom. The summed E-state index contributed by atoms with van der Waals surface area (Å²) in [6, 6.07) is 5.38. The van der Waals surface area contributed by atoms with Gasteiger partial charge in [-0.15, -0.1) is 0 Å². The van der Waals surface area contributed by atoms with Crippen LogP contribution < -0.4 is 0 Å². The third-order valence-electron chi connectivity index (χ3n) is 8.27. The number of hydrogen-bond donors (Lipinski definition) is 1. The molecular weight excluding hydrogens is 518 g/mol. The highest BCUT2D eigenvalue weighted by atomic mass is 35.5. The summed E-state index contributed by atoms with van der Waals surface area (Å²) < 4.78 is 41.9. The predicted molar refractivity (Wildman–Crippen MR) is 139 cm³/mol. The van der Waals surface area contributed by atoms with Crippen LogP contribution in [0, 0.1) is 5.92 Å². The number of benzene rings is 1. The zero-order valence-corrected chi connectivity index (χ0v) is 23.0. The normalized spacial score (nSPS) is 28.7. The van der Waals surface area contributed by atoms with Crippen LogP contribution in [0.3, 0.4) is 0 Å². The molecule has 0 bridgehead atoms. The molecule has 2 aliphatic carbocycles. The van der Waals surface area contributed by atoms with Crippen molar-refractivity contribution in [3.63, 3.8) is 0 Å². The summed E-state index contributed by atoms with van der Waals surface area (Å²) in [7, 11) is -3.87. The van der Waals surface area contributed by atoms with Crippen molar-refractivity contribution in [1.29, 1.82) is 0 Å². The van der Waals surface area contributed by atoms with Gasteiger partial charge in [0, 0.05) is 43.3 Å². The summed E-state index contributed by atoms with van der Waals surface area (Å²) in [6.07, 6.45) is 4.57. The van der Waals surface area contributed by atoms with E-state index in [1.807, 2.05) is 6.92 Å². The van der Waals surface area contributed by atoms with Crippen molar-refractivity contribution < 1.29 is 27.8 Å². The molecule has 1 aromatic rings. The lowest BCUT2D eigenvalue weighted by Gasteiger charge is -2.45. The van der Waals surface area contributed by atoms with Gasteiger partial charge in [-0.3, -0.25) is 4.90 Å². The van der Waals surface area contributed by atoms with E-state index >= 15 is 0 Å². The number of halogens is 1. The van der Waals surface area contributed by atoms with Crippen LogP contribution in [0.4, 0.5) is 4.79 Å². The van der Waals surface area contributed by atoms with Crippen molar-refractivity contribution in [2.24, 2.45) is 5.92 Å². The molecule has 37 heavy (non-hydrogen) atoms. The van der Waals surface area contributed by atoms with Gasteiger partial charge in [0.25, 0.3) is 0 Å². The molecule has 206 valence electrons. The highest BCUT2D eigenvalue weighted by Crippen LogP contribution is 2.49. The van der Waals surface area contributed by atoms with Crippen molar-refractivity contribution in [3.05, 3.63) is 29.3 Å². The van der Waals surface area contributed by atoms with E-state index in [2.05, 4.69) is 4.90 Å². The molecular formula is C26H38ClN3O6S. The van der Waals surface area contributed by atoms with Gasteiger partial charge in [0.2, 0.25) is 10.0 Å². The molecule has 1 N–H and O–H groups in total. The van der Waals surface area contributed by atoms with Crippen LogP contribution in [0.5, 0.6) is 0 Å². The first-order chi connectivity index (χ1) is 17.8. The lowest BCUT2D eigenvalue weighted by molar-refractivity contribution is -0.0775. The molecule has 5 rings (SSSR count). The van der Waals surface area contributed by atoms with Crippen LogP contribution in [-0.4, -0.2) is 103 Å². The molecule has 2 aliphatic heterocycles. The third-order valence-corrected chi connectivity index (χ3v) is 10.5. The molecule has 3 atom stereocenters. The molecule has 0 spiro atoms. The summed E-state index contributed by atoms with van der Waals surface area (Å²) in [6.45, 7) is 5.13. The zero-order chi connectivity index (χ0) is 26.2. The Kier molecular flexibility index (Phi) is 8.06. The van der Waals surface area contributed by atoms with Gasteiger partial charge in [-0.05, 0) is 55.9 Å². The van der Waals surface area contributed by atoms with E-state index in [1.54, 1.807) is 33.5 Å². The highest BCUT2D eigenvalue weighted by molar-refractivity contribution is 7.89. The van der Waals surface area contributed by atoms with Crippen molar-refractivity contribution >= 4 is 27.7 Å². The summed E-state index contributed by atoms with van der Waals surface area (Å²) in [5, 5.41) is 9.78. The van der Waals surface area contributed by atoms with Crippen LogP contribution in [0.1, 0.15) is 45.4 Å². The minimum absolute atomic E-state index is 0.0114. The molecule has 1 amide bonds. The minimum Gasteiger partial charge on any atom is -0.441 e. The number of ether oxygens (including phenoxy) is 2. The second-order valence-corrected chi connectivity index (χ2v) is 13.2. The number of β-amino-alcohol motifs (C(OH)–C–C–N with tert-alkyl or cyclic N) is 1. The molecule has 0 radical (unpaired) electrons. The van der Waals surface area contributed by atoms with E-state index in [9.17, 15) is 18.3 Å². The number of morpholine rings is 1. The molecule has 9 nitrogen and oxygen atoms in total. The lowest BCUT2D eigenvalue weighted by Crippen LogP contribution is -2.62. The summed E-state index contributed by atoms with van der Waals surface area (Å²) in [5.74, 6) is 0.508. The largest absolute Gasteiger partial charge is 0.441 e. The minimum atomic E-state index is -3.87. The van der Waals surface area contributed by atoms with E-state index < -0.39 is 21.7 Å². The first-order valence-electron chi connectivity index (χ1n) is 13.5. The second-order valence-electron chi connectivity index (χ2n) is 10.9. The van der Waals surface area contributed by atoms with Gasteiger partial charge in [-0.1, -0.05) is 31.4 Å². The molecule has 2 saturated heterocycles. The molecule has 2 heterocycles. The van der Waals surface area contributed by atoms with E-state index in [1.165, 1.54) is 0 Å². The molecule has 0 unspecified atom stereocenters. The number of amides is 1. The zero-order valence-electron chi connectivity index (χ0n) is 21.4. The molecule has 4 fully saturated rings. The number of piperazine rings is 1. The van der Waals surface area contributed by atoms with E-state index in [0.717, 1.165) is 25.7 Å². The smallest absolute Gasteiger partial charge is 0.410 e. The van der Waals surface area contributed by atoms with Crippen molar-refractivity contribution in [2.75, 3.05) is 46.0 Å². The number of aliphatic hydroxyl groups is 1. The highest BCUT2D eigenvalue weighted by Gasteiger charge is 2.61. The quantitative estimate of drug-likeness (QED) is 0.500. The molecule has 1 aromatic carbocycles. The second kappa shape index (κ2) is 11.0. The summed E-state index contributed by atoms with van der Waals surface area (Å²) in [5.41, 5.74) is -0.890. The number of aliphatic hydroxyl groups excluding tert-OH is 1. The number of rotatable bonds is 9. The van der Waals surface area contributed by atoms with Crippen molar-refractivity contribution in [2.45, 2.75) is 74.1 Å². The first-order valence-corrected chi connectivity index (χ1v) is 15.3. The van der Waals surface area contributed by atoms with Gasteiger partial charge in [0.05, 0.1) is 30.8 Å². The van der Waals surface area contributed by atoms with Gasteiger partial charge in [-0.2, -0.15) is 4.31 Å². The van der Waals surface area contributed by atoms with Gasteiger partial charge >= 0.3 is 6.09 Å². The topological polar surface area (TPSA) is 99.6 Å². The number of carbonyl (C=O) groups is 1. The van der Waals surface area contributed by atoms with Gasteiger partial charge in [0.1, 0.15) is 5.60 Å². The lowest BCUT2D eigenvalue weighted by atomic mass is 10.0. The van der Waals surface area contributed by atoms with E-state index in [4.69, 9.17) is 21.1 Å². The number of hydrogen-bond acceptors (Lipinski definition) is 7.